The summed E-state index contributed by atoms with van der Waals surface area (Å²) in [4.78, 5) is 26.5. The third-order valence-electron chi connectivity index (χ3n) is 6.03. The van der Waals surface area contributed by atoms with Gasteiger partial charge in [0.1, 0.15) is 18.1 Å². The molecule has 4 rings (SSSR count). The summed E-state index contributed by atoms with van der Waals surface area (Å²) in [5, 5.41) is 3.31. The molecule has 6 nitrogen and oxygen atoms in total. The van der Waals surface area contributed by atoms with Crippen LogP contribution < -0.4 is 14.8 Å². The number of halogens is 1. The number of nitrogens with one attached hydrogen (secondary N) is 1. The lowest BCUT2D eigenvalue weighted by molar-refractivity contribution is -0.140. The second-order valence-electron chi connectivity index (χ2n) is 8.08. The van der Waals surface area contributed by atoms with Crippen LogP contribution in [-0.2, 0) is 20.9 Å². The van der Waals surface area contributed by atoms with Crippen molar-refractivity contribution in [1.29, 1.82) is 0 Å². The highest BCUT2D eigenvalue weighted by Gasteiger charge is 2.40. The van der Waals surface area contributed by atoms with Gasteiger partial charge in [-0.15, -0.1) is 0 Å². The molecule has 0 fully saturated rings. The lowest BCUT2D eigenvalue weighted by Crippen LogP contribution is -2.34. The number of hydrogen-bond acceptors (Lipinski definition) is 6. The van der Waals surface area contributed by atoms with E-state index in [1.807, 2.05) is 49.4 Å². The molecular weight excluding hydrogens is 486 g/mol. The van der Waals surface area contributed by atoms with E-state index >= 15 is 0 Å². The number of benzene rings is 2. The van der Waals surface area contributed by atoms with Crippen LogP contribution in [0.5, 0.6) is 11.5 Å². The minimum Gasteiger partial charge on any atom is -0.497 e. The molecule has 0 amide bonds. The summed E-state index contributed by atoms with van der Waals surface area (Å²) < 4.78 is 17.4. The van der Waals surface area contributed by atoms with Crippen LogP contribution in [0.25, 0.3) is 0 Å². The minimum absolute atomic E-state index is 0.0451. The Kier molecular flexibility index (Phi) is 6.88. The van der Waals surface area contributed by atoms with Gasteiger partial charge in [-0.1, -0.05) is 28.1 Å². The number of carbonyl (C=O) groups is 2. The van der Waals surface area contributed by atoms with Crippen molar-refractivity contribution in [2.75, 3.05) is 14.2 Å². The molecule has 0 spiro atoms. The maximum Gasteiger partial charge on any atom is 0.337 e. The fourth-order valence-electron chi connectivity index (χ4n) is 4.44. The summed E-state index contributed by atoms with van der Waals surface area (Å²) in [7, 11) is 3.19. The molecule has 1 aliphatic carbocycles. The van der Waals surface area contributed by atoms with Gasteiger partial charge in [-0.05, 0) is 55.7 Å². The summed E-state index contributed by atoms with van der Waals surface area (Å²) in [5.74, 6) is 0.363. The fourth-order valence-corrected chi connectivity index (χ4v) is 4.82. The second kappa shape index (κ2) is 9.83. The zero-order valence-electron chi connectivity index (χ0n) is 18.9. The van der Waals surface area contributed by atoms with Gasteiger partial charge in [-0.25, -0.2) is 4.79 Å². The Labute approximate surface area is 201 Å². The van der Waals surface area contributed by atoms with Crippen LogP contribution in [0.15, 0.2) is 69.5 Å². The number of carbonyl (C=O) groups excluding carboxylic acids is 2. The Morgan fingerprint density at radius 3 is 2.55 bits per heavy atom. The zero-order chi connectivity index (χ0) is 23.5. The first-order valence-electron chi connectivity index (χ1n) is 10.8. The molecule has 2 aromatic carbocycles. The van der Waals surface area contributed by atoms with Gasteiger partial charge < -0.3 is 19.5 Å². The van der Waals surface area contributed by atoms with Crippen LogP contribution in [-0.4, -0.2) is 26.0 Å². The first-order valence-corrected chi connectivity index (χ1v) is 11.6. The predicted molar refractivity (Wildman–Crippen MR) is 128 cm³/mol. The van der Waals surface area contributed by atoms with E-state index in [-0.39, 0.29) is 12.4 Å². The maximum absolute atomic E-state index is 13.4. The monoisotopic (exact) mass is 511 g/mol. The van der Waals surface area contributed by atoms with Gasteiger partial charge in [0, 0.05) is 33.4 Å². The van der Waals surface area contributed by atoms with Gasteiger partial charge in [0.25, 0.3) is 0 Å². The first kappa shape index (κ1) is 23.1. The van der Waals surface area contributed by atoms with E-state index in [0.717, 1.165) is 39.9 Å². The Hall–Kier alpha value is -3.06. The Bertz CT molecular complexity index is 1150. The average Bonchev–Trinajstić information content (AvgIpc) is 2.82. The van der Waals surface area contributed by atoms with Crippen molar-refractivity contribution >= 4 is 27.7 Å². The topological polar surface area (TPSA) is 73.9 Å². The third-order valence-corrected chi connectivity index (χ3v) is 6.52. The number of ketones is 1. The highest BCUT2D eigenvalue weighted by molar-refractivity contribution is 9.10. The largest absolute Gasteiger partial charge is 0.497 e. The van der Waals surface area contributed by atoms with E-state index in [4.69, 9.17) is 14.2 Å². The van der Waals surface area contributed by atoms with E-state index in [1.54, 1.807) is 14.2 Å². The molecule has 7 heteroatoms. The molecule has 172 valence electrons. The SMILES string of the molecule is COc1ccc(COC(=O)C2=C(C)NC3=C(C(=O)CCC3)C2c2cc(Br)ccc2OC)cc1. The smallest absolute Gasteiger partial charge is 0.337 e. The van der Waals surface area contributed by atoms with Crippen molar-refractivity contribution in [3.63, 3.8) is 0 Å². The molecule has 0 aromatic heterocycles. The van der Waals surface area contributed by atoms with Crippen molar-refractivity contribution in [3.05, 3.63) is 80.6 Å². The summed E-state index contributed by atoms with van der Waals surface area (Å²) in [6.07, 6.45) is 2.01. The van der Waals surface area contributed by atoms with Crippen LogP contribution in [0.1, 0.15) is 43.2 Å². The lowest BCUT2D eigenvalue weighted by Gasteiger charge is -2.34. The lowest BCUT2D eigenvalue weighted by atomic mass is 9.75. The molecule has 1 heterocycles. The number of rotatable bonds is 6. The fraction of sp³-hybridized carbons (Fsp3) is 0.308. The standard InChI is InChI=1S/C26H26BrNO5/c1-15-23(26(30)33-14-16-7-10-18(31-2)11-8-16)24(19-13-17(27)9-12-22(19)32-3)25-20(28-15)5-4-6-21(25)29/h7-13,24,28H,4-6,14H2,1-3H3. The molecule has 0 saturated carbocycles. The van der Waals surface area contributed by atoms with Gasteiger partial charge in [0.2, 0.25) is 0 Å². The van der Waals surface area contributed by atoms with Gasteiger partial charge >= 0.3 is 5.97 Å². The summed E-state index contributed by atoms with van der Waals surface area (Å²) in [5.41, 5.74) is 4.22. The first-order chi connectivity index (χ1) is 15.9. The molecule has 1 atom stereocenters. The van der Waals surface area contributed by atoms with Gasteiger partial charge in [-0.3, -0.25) is 4.79 Å². The van der Waals surface area contributed by atoms with E-state index in [0.29, 0.717) is 29.0 Å². The highest BCUT2D eigenvalue weighted by atomic mass is 79.9. The quantitative estimate of drug-likeness (QED) is 0.538. The molecule has 1 aliphatic heterocycles. The van der Waals surface area contributed by atoms with Crippen molar-refractivity contribution in [2.45, 2.75) is 38.7 Å². The number of hydrogen-bond donors (Lipinski definition) is 1. The van der Waals surface area contributed by atoms with Crippen LogP contribution in [0.3, 0.4) is 0 Å². The summed E-state index contributed by atoms with van der Waals surface area (Å²) in [6.45, 7) is 1.96. The Morgan fingerprint density at radius 1 is 1.09 bits per heavy atom. The van der Waals surface area contributed by atoms with E-state index in [1.165, 1.54) is 0 Å². The molecule has 1 unspecified atom stereocenters. The van der Waals surface area contributed by atoms with Crippen molar-refractivity contribution in [3.8, 4) is 11.5 Å². The summed E-state index contributed by atoms with van der Waals surface area (Å²) >= 11 is 3.53. The minimum atomic E-state index is -0.565. The van der Waals surface area contributed by atoms with Crippen molar-refractivity contribution < 1.29 is 23.8 Å². The molecule has 2 aliphatic rings. The molecule has 2 aromatic rings. The number of ether oxygens (including phenoxy) is 3. The average molecular weight is 512 g/mol. The molecular formula is C26H26BrNO5. The third kappa shape index (κ3) is 4.69. The number of Topliss-reactive ketones (excluding diaryl/α,β-unsaturated/α-hetero) is 1. The normalized spacial score (nSPS) is 17.9. The molecule has 1 N–H and O–H groups in total. The van der Waals surface area contributed by atoms with Gasteiger partial charge in [-0.2, -0.15) is 0 Å². The van der Waals surface area contributed by atoms with E-state index in [9.17, 15) is 9.59 Å². The molecule has 0 radical (unpaired) electrons. The zero-order valence-corrected chi connectivity index (χ0v) is 20.5. The number of methoxy groups -OCH3 is 2. The number of allylic oxidation sites excluding steroid dienone is 3. The van der Waals surface area contributed by atoms with Crippen LogP contribution in [0.4, 0.5) is 0 Å². The van der Waals surface area contributed by atoms with Crippen LogP contribution in [0, 0.1) is 0 Å². The van der Waals surface area contributed by atoms with E-state index < -0.39 is 11.9 Å². The Balaban J connectivity index is 1.72. The maximum atomic E-state index is 13.4. The van der Waals surface area contributed by atoms with Gasteiger partial charge in [0.05, 0.1) is 25.7 Å². The molecule has 0 saturated heterocycles. The number of esters is 1. The predicted octanol–water partition coefficient (Wildman–Crippen LogP) is 5.18. The highest BCUT2D eigenvalue weighted by Crippen LogP contribution is 2.46. The van der Waals surface area contributed by atoms with E-state index in [2.05, 4.69) is 21.2 Å². The summed E-state index contributed by atoms with van der Waals surface area (Å²) in [6, 6.07) is 13.0. The van der Waals surface area contributed by atoms with Crippen LogP contribution in [0.2, 0.25) is 0 Å². The second-order valence-corrected chi connectivity index (χ2v) is 8.99. The van der Waals surface area contributed by atoms with Crippen molar-refractivity contribution in [1.82, 2.24) is 5.32 Å². The number of dihydropyridines is 1. The van der Waals surface area contributed by atoms with Gasteiger partial charge in [0.15, 0.2) is 5.78 Å². The molecule has 33 heavy (non-hydrogen) atoms. The Morgan fingerprint density at radius 2 is 1.85 bits per heavy atom. The molecule has 0 bridgehead atoms. The van der Waals surface area contributed by atoms with Crippen LogP contribution >= 0.6 is 15.9 Å². The van der Waals surface area contributed by atoms with Crippen molar-refractivity contribution in [2.24, 2.45) is 0 Å².